The van der Waals surface area contributed by atoms with E-state index in [9.17, 15) is 4.79 Å². The highest BCUT2D eigenvalue weighted by Crippen LogP contribution is 2.13. The van der Waals surface area contributed by atoms with E-state index in [4.69, 9.17) is 6.42 Å². The molecule has 0 aliphatic carbocycles. The van der Waals surface area contributed by atoms with Gasteiger partial charge >= 0.3 is 0 Å². The minimum absolute atomic E-state index is 0.0584. The minimum atomic E-state index is 0.0584. The average molecular weight is 195 g/mol. The van der Waals surface area contributed by atoms with Crippen LogP contribution in [0.3, 0.4) is 0 Å². The third-order valence-corrected chi connectivity index (χ3v) is 2.27. The van der Waals surface area contributed by atoms with Crippen LogP contribution in [0.4, 0.5) is 0 Å². The van der Waals surface area contributed by atoms with Gasteiger partial charge in [0.1, 0.15) is 0 Å². The van der Waals surface area contributed by atoms with Gasteiger partial charge < -0.3 is 5.32 Å². The molecule has 0 aromatic carbocycles. The van der Waals surface area contributed by atoms with E-state index in [1.807, 2.05) is 0 Å². The van der Waals surface area contributed by atoms with Crippen LogP contribution in [0.2, 0.25) is 0 Å². The van der Waals surface area contributed by atoms with E-state index in [0.717, 1.165) is 25.8 Å². The van der Waals surface area contributed by atoms with Gasteiger partial charge in [0.15, 0.2) is 0 Å². The molecule has 2 nitrogen and oxygen atoms in total. The van der Waals surface area contributed by atoms with Crippen molar-refractivity contribution in [3.05, 3.63) is 0 Å². The molecule has 0 aliphatic rings. The van der Waals surface area contributed by atoms with Gasteiger partial charge in [-0.25, -0.2) is 0 Å². The van der Waals surface area contributed by atoms with Gasteiger partial charge in [-0.05, 0) is 25.2 Å². The Hall–Kier alpha value is -0.970. The first-order valence-corrected chi connectivity index (χ1v) is 5.38. The molecule has 0 spiro atoms. The summed E-state index contributed by atoms with van der Waals surface area (Å²) < 4.78 is 0. The zero-order valence-electron chi connectivity index (χ0n) is 9.31. The Morgan fingerprint density at radius 3 is 2.71 bits per heavy atom. The first-order valence-electron chi connectivity index (χ1n) is 5.38. The molecule has 1 unspecified atom stereocenters. The van der Waals surface area contributed by atoms with Gasteiger partial charge in [-0.3, -0.25) is 4.79 Å². The number of unbranched alkanes of at least 4 members (excludes halogenated alkanes) is 1. The van der Waals surface area contributed by atoms with E-state index in [-0.39, 0.29) is 5.91 Å². The van der Waals surface area contributed by atoms with Crippen molar-refractivity contribution < 1.29 is 4.79 Å². The quantitative estimate of drug-likeness (QED) is 0.490. The molecule has 0 radical (unpaired) electrons. The lowest BCUT2D eigenvalue weighted by Crippen LogP contribution is -2.27. The van der Waals surface area contributed by atoms with Gasteiger partial charge in [0, 0.05) is 19.9 Å². The van der Waals surface area contributed by atoms with E-state index in [2.05, 4.69) is 18.2 Å². The molecule has 80 valence electrons. The summed E-state index contributed by atoms with van der Waals surface area (Å²) in [5, 5.41) is 2.87. The highest BCUT2D eigenvalue weighted by Gasteiger charge is 2.07. The predicted octanol–water partition coefficient (Wildman–Crippen LogP) is 2.34. The standard InChI is InChI=1S/C12H21NO/c1-4-6-7-9-12(8-5-2)10-13-11(3)14/h1,12H,5-10H2,2-3H3,(H,13,14). The lowest BCUT2D eigenvalue weighted by atomic mass is 9.97. The molecular weight excluding hydrogens is 174 g/mol. The zero-order chi connectivity index (χ0) is 10.8. The van der Waals surface area contributed by atoms with Crippen molar-refractivity contribution in [3.8, 4) is 12.3 Å². The van der Waals surface area contributed by atoms with Crippen LogP contribution in [0.1, 0.15) is 46.0 Å². The lowest BCUT2D eigenvalue weighted by molar-refractivity contribution is -0.119. The molecule has 0 bridgehead atoms. The monoisotopic (exact) mass is 195 g/mol. The van der Waals surface area contributed by atoms with Crippen LogP contribution in [-0.2, 0) is 4.79 Å². The molecule has 14 heavy (non-hydrogen) atoms. The molecule has 0 aliphatic heterocycles. The van der Waals surface area contributed by atoms with Crippen LogP contribution in [-0.4, -0.2) is 12.5 Å². The van der Waals surface area contributed by atoms with Crippen molar-refractivity contribution in [3.63, 3.8) is 0 Å². The number of hydrogen-bond donors (Lipinski definition) is 1. The fourth-order valence-corrected chi connectivity index (χ4v) is 1.54. The average Bonchev–Trinajstić information content (AvgIpc) is 2.14. The van der Waals surface area contributed by atoms with Crippen molar-refractivity contribution in [2.24, 2.45) is 5.92 Å². The summed E-state index contributed by atoms with van der Waals surface area (Å²) in [5.41, 5.74) is 0. The van der Waals surface area contributed by atoms with E-state index < -0.39 is 0 Å². The van der Waals surface area contributed by atoms with Gasteiger partial charge in [-0.1, -0.05) is 13.3 Å². The zero-order valence-corrected chi connectivity index (χ0v) is 9.31. The molecule has 2 heteroatoms. The maximum atomic E-state index is 10.7. The third kappa shape index (κ3) is 7.67. The van der Waals surface area contributed by atoms with Gasteiger partial charge in [0.2, 0.25) is 5.91 Å². The number of rotatable bonds is 7. The van der Waals surface area contributed by atoms with Crippen molar-refractivity contribution >= 4 is 5.91 Å². The van der Waals surface area contributed by atoms with Crippen molar-refractivity contribution in [2.45, 2.75) is 46.0 Å². The fraction of sp³-hybridized carbons (Fsp3) is 0.750. The van der Waals surface area contributed by atoms with Crippen LogP contribution < -0.4 is 5.32 Å². The topological polar surface area (TPSA) is 29.1 Å². The molecule has 0 rings (SSSR count). The summed E-state index contributed by atoms with van der Waals surface area (Å²) in [6, 6.07) is 0. The van der Waals surface area contributed by atoms with E-state index in [1.54, 1.807) is 6.92 Å². The molecule has 0 heterocycles. The highest BCUT2D eigenvalue weighted by atomic mass is 16.1. The molecule has 0 aromatic rings. The lowest BCUT2D eigenvalue weighted by Gasteiger charge is -2.15. The molecule has 1 atom stereocenters. The Labute approximate surface area is 87.5 Å². The van der Waals surface area contributed by atoms with E-state index in [1.165, 1.54) is 12.8 Å². The van der Waals surface area contributed by atoms with Crippen LogP contribution in [0.15, 0.2) is 0 Å². The molecule has 0 aromatic heterocycles. The number of nitrogens with one attached hydrogen (secondary N) is 1. The number of amides is 1. The Bertz CT molecular complexity index is 193. The largest absolute Gasteiger partial charge is 0.356 e. The van der Waals surface area contributed by atoms with Gasteiger partial charge in [0.25, 0.3) is 0 Å². The number of carbonyl (C=O) groups is 1. The molecule has 1 N–H and O–H groups in total. The second-order valence-electron chi connectivity index (χ2n) is 3.69. The Kier molecular flexibility index (Phi) is 8.02. The third-order valence-electron chi connectivity index (χ3n) is 2.27. The van der Waals surface area contributed by atoms with Crippen LogP contribution in [0.5, 0.6) is 0 Å². The second kappa shape index (κ2) is 8.62. The Balaban J connectivity index is 3.66. The van der Waals surface area contributed by atoms with Crippen molar-refractivity contribution in [1.82, 2.24) is 5.32 Å². The first-order chi connectivity index (χ1) is 6.70. The summed E-state index contributed by atoms with van der Waals surface area (Å²) >= 11 is 0. The fourth-order valence-electron chi connectivity index (χ4n) is 1.54. The van der Waals surface area contributed by atoms with Gasteiger partial charge in [-0.2, -0.15) is 0 Å². The maximum absolute atomic E-state index is 10.7. The Morgan fingerprint density at radius 1 is 1.50 bits per heavy atom. The summed E-state index contributed by atoms with van der Waals surface area (Å²) in [5.74, 6) is 3.30. The van der Waals surface area contributed by atoms with Crippen molar-refractivity contribution in [1.29, 1.82) is 0 Å². The summed E-state index contributed by atoms with van der Waals surface area (Å²) in [6.07, 6.45) is 10.6. The number of terminal acetylenes is 1. The van der Waals surface area contributed by atoms with E-state index >= 15 is 0 Å². The number of carbonyl (C=O) groups excluding carboxylic acids is 1. The Morgan fingerprint density at radius 2 is 2.21 bits per heavy atom. The number of hydrogen-bond acceptors (Lipinski definition) is 1. The van der Waals surface area contributed by atoms with Crippen molar-refractivity contribution in [2.75, 3.05) is 6.54 Å². The van der Waals surface area contributed by atoms with Gasteiger partial charge in [-0.15, -0.1) is 12.3 Å². The molecule has 0 saturated carbocycles. The van der Waals surface area contributed by atoms with Crippen LogP contribution in [0.25, 0.3) is 0 Å². The molecular formula is C12H21NO. The second-order valence-corrected chi connectivity index (χ2v) is 3.69. The van der Waals surface area contributed by atoms with Crippen LogP contribution in [0, 0.1) is 18.3 Å². The summed E-state index contributed by atoms with van der Waals surface area (Å²) in [4.78, 5) is 10.7. The summed E-state index contributed by atoms with van der Waals surface area (Å²) in [6.45, 7) is 4.53. The van der Waals surface area contributed by atoms with Gasteiger partial charge in [0.05, 0.1) is 0 Å². The normalized spacial score (nSPS) is 11.8. The molecule has 0 fully saturated rings. The molecule has 0 saturated heterocycles. The SMILES string of the molecule is C#CCCCC(CCC)CNC(C)=O. The smallest absolute Gasteiger partial charge is 0.216 e. The molecule has 1 amide bonds. The van der Waals surface area contributed by atoms with E-state index in [0.29, 0.717) is 5.92 Å². The minimum Gasteiger partial charge on any atom is -0.356 e. The maximum Gasteiger partial charge on any atom is 0.216 e. The van der Waals surface area contributed by atoms with Crippen LogP contribution >= 0.6 is 0 Å². The highest BCUT2D eigenvalue weighted by molar-refractivity contribution is 5.72. The predicted molar refractivity (Wildman–Crippen MR) is 59.8 cm³/mol. The first kappa shape index (κ1) is 13.0. The summed E-state index contributed by atoms with van der Waals surface area (Å²) in [7, 11) is 0.